The summed E-state index contributed by atoms with van der Waals surface area (Å²) in [5.41, 5.74) is 0. The van der Waals surface area contributed by atoms with Crippen LogP contribution in [0.2, 0.25) is 0 Å². The molecule has 0 aromatic heterocycles. The highest BCUT2D eigenvalue weighted by molar-refractivity contribution is 4.82. The summed E-state index contributed by atoms with van der Waals surface area (Å²) in [6.45, 7) is 8.16. The predicted molar refractivity (Wildman–Crippen MR) is 49.2 cm³/mol. The Kier molecular flexibility index (Phi) is 2.37. The quantitative estimate of drug-likeness (QED) is 0.582. The van der Waals surface area contributed by atoms with Crippen LogP contribution in [-0.2, 0) is 4.74 Å². The lowest BCUT2D eigenvalue weighted by Gasteiger charge is -2.36. The van der Waals surface area contributed by atoms with Gasteiger partial charge in [0.15, 0.2) is 0 Å². The molecule has 2 aliphatic rings. The summed E-state index contributed by atoms with van der Waals surface area (Å²) in [6, 6.07) is 0.776. The van der Waals surface area contributed by atoms with Crippen molar-refractivity contribution in [1.29, 1.82) is 0 Å². The summed E-state index contributed by atoms with van der Waals surface area (Å²) < 4.78 is 5.24. The van der Waals surface area contributed by atoms with Crippen molar-refractivity contribution in [1.82, 2.24) is 4.90 Å². The first-order valence-corrected chi connectivity index (χ1v) is 5.11. The maximum atomic E-state index is 5.24. The molecule has 0 radical (unpaired) electrons. The Balaban J connectivity index is 1.80. The minimum atomic E-state index is 0.570. The molecule has 0 bridgehead atoms. The molecule has 2 rings (SSSR count). The molecule has 2 fully saturated rings. The Morgan fingerprint density at radius 3 is 2.75 bits per heavy atom. The summed E-state index contributed by atoms with van der Waals surface area (Å²) in [5.74, 6) is 0.927. The first-order chi connectivity index (χ1) is 5.75. The van der Waals surface area contributed by atoms with E-state index in [-0.39, 0.29) is 0 Å². The minimum Gasteiger partial charge on any atom is -0.372 e. The highest BCUT2D eigenvalue weighted by Crippen LogP contribution is 2.24. The van der Waals surface area contributed by atoms with Gasteiger partial charge in [-0.05, 0) is 32.2 Å². The van der Waals surface area contributed by atoms with Crippen LogP contribution in [0.5, 0.6) is 0 Å². The lowest BCUT2D eigenvalue weighted by molar-refractivity contribution is 0.119. The van der Waals surface area contributed by atoms with E-state index in [0.717, 1.165) is 18.6 Å². The molecular weight excluding hydrogens is 150 g/mol. The lowest BCUT2D eigenvalue weighted by atomic mass is 9.93. The summed E-state index contributed by atoms with van der Waals surface area (Å²) in [7, 11) is 0. The average Bonchev–Trinajstić information content (AvgIpc) is 2.79. The van der Waals surface area contributed by atoms with Gasteiger partial charge in [0.05, 0.1) is 12.7 Å². The highest BCUT2D eigenvalue weighted by Gasteiger charge is 2.30. The van der Waals surface area contributed by atoms with Crippen LogP contribution in [0.15, 0.2) is 0 Å². The molecule has 2 aliphatic heterocycles. The molecule has 12 heavy (non-hydrogen) atoms. The van der Waals surface area contributed by atoms with Crippen molar-refractivity contribution in [2.75, 3.05) is 19.7 Å². The molecule has 3 unspecified atom stereocenters. The topological polar surface area (TPSA) is 15.8 Å². The van der Waals surface area contributed by atoms with Gasteiger partial charge in [-0.3, -0.25) is 4.90 Å². The second kappa shape index (κ2) is 3.35. The summed E-state index contributed by atoms with van der Waals surface area (Å²) in [6.07, 6.45) is 3.31. The third-order valence-corrected chi connectivity index (χ3v) is 3.12. The van der Waals surface area contributed by atoms with Crippen LogP contribution in [0.25, 0.3) is 0 Å². The third-order valence-electron chi connectivity index (χ3n) is 3.12. The summed E-state index contributed by atoms with van der Waals surface area (Å²) in [5, 5.41) is 0. The molecular formula is C10H19NO. The Bertz CT molecular complexity index is 156. The van der Waals surface area contributed by atoms with Gasteiger partial charge in [0.25, 0.3) is 0 Å². The second-order valence-electron chi connectivity index (χ2n) is 4.43. The molecule has 0 aliphatic carbocycles. The van der Waals surface area contributed by atoms with Gasteiger partial charge in [-0.15, -0.1) is 0 Å². The first-order valence-electron chi connectivity index (χ1n) is 5.11. The van der Waals surface area contributed by atoms with Crippen LogP contribution in [0, 0.1) is 5.92 Å². The van der Waals surface area contributed by atoms with Crippen LogP contribution in [0.3, 0.4) is 0 Å². The fourth-order valence-electron chi connectivity index (χ4n) is 2.16. The molecule has 2 heteroatoms. The van der Waals surface area contributed by atoms with Crippen molar-refractivity contribution >= 4 is 0 Å². The Hall–Kier alpha value is -0.0800. The minimum absolute atomic E-state index is 0.570. The smallest absolute Gasteiger partial charge is 0.0936 e. The van der Waals surface area contributed by atoms with E-state index in [0.29, 0.717) is 6.10 Å². The van der Waals surface area contributed by atoms with Gasteiger partial charge in [-0.25, -0.2) is 0 Å². The van der Waals surface area contributed by atoms with Gasteiger partial charge in [-0.2, -0.15) is 0 Å². The standard InChI is InChI=1S/C10H19NO/c1-8-3-4-11(9(2)5-8)6-10-7-12-10/h8-10H,3-7H2,1-2H3. The van der Waals surface area contributed by atoms with Crippen molar-refractivity contribution < 1.29 is 4.74 Å². The highest BCUT2D eigenvalue weighted by atomic mass is 16.6. The Labute approximate surface area is 74.9 Å². The molecule has 2 nitrogen and oxygen atoms in total. The molecule has 0 saturated carbocycles. The molecule has 3 atom stereocenters. The van der Waals surface area contributed by atoms with Crippen molar-refractivity contribution in [2.24, 2.45) is 5.92 Å². The summed E-state index contributed by atoms with van der Waals surface area (Å²) in [4.78, 5) is 2.58. The van der Waals surface area contributed by atoms with Gasteiger partial charge in [0.1, 0.15) is 0 Å². The molecule has 2 heterocycles. The largest absolute Gasteiger partial charge is 0.372 e. The zero-order chi connectivity index (χ0) is 8.55. The molecule has 0 N–H and O–H groups in total. The van der Waals surface area contributed by atoms with Gasteiger partial charge in [0.2, 0.25) is 0 Å². The van der Waals surface area contributed by atoms with Gasteiger partial charge < -0.3 is 4.74 Å². The van der Waals surface area contributed by atoms with Gasteiger partial charge in [0, 0.05) is 12.6 Å². The van der Waals surface area contributed by atoms with Crippen LogP contribution >= 0.6 is 0 Å². The number of epoxide rings is 1. The van der Waals surface area contributed by atoms with E-state index < -0.39 is 0 Å². The van der Waals surface area contributed by atoms with E-state index in [1.54, 1.807) is 0 Å². The molecule has 0 spiro atoms. The van der Waals surface area contributed by atoms with Crippen LogP contribution in [-0.4, -0.2) is 36.7 Å². The number of hydrogen-bond donors (Lipinski definition) is 0. The number of rotatable bonds is 2. The monoisotopic (exact) mass is 169 g/mol. The molecule has 70 valence electrons. The Morgan fingerprint density at radius 1 is 1.42 bits per heavy atom. The van der Waals surface area contributed by atoms with E-state index in [9.17, 15) is 0 Å². The fraction of sp³-hybridized carbons (Fsp3) is 1.00. The molecule has 0 aromatic rings. The zero-order valence-electron chi connectivity index (χ0n) is 8.12. The maximum Gasteiger partial charge on any atom is 0.0936 e. The van der Waals surface area contributed by atoms with E-state index in [4.69, 9.17) is 4.74 Å². The van der Waals surface area contributed by atoms with Crippen molar-refractivity contribution in [3.63, 3.8) is 0 Å². The number of piperidine rings is 1. The molecule has 0 aromatic carbocycles. The summed E-state index contributed by atoms with van der Waals surface area (Å²) >= 11 is 0. The van der Waals surface area contributed by atoms with E-state index >= 15 is 0 Å². The first kappa shape index (κ1) is 8.52. The van der Waals surface area contributed by atoms with E-state index in [1.807, 2.05) is 0 Å². The Morgan fingerprint density at radius 2 is 2.17 bits per heavy atom. The van der Waals surface area contributed by atoms with Crippen molar-refractivity contribution in [2.45, 2.75) is 38.8 Å². The van der Waals surface area contributed by atoms with Crippen molar-refractivity contribution in [3.05, 3.63) is 0 Å². The second-order valence-corrected chi connectivity index (χ2v) is 4.43. The normalized spacial score (nSPS) is 43.0. The SMILES string of the molecule is CC1CCN(CC2CO2)C(C)C1. The van der Waals surface area contributed by atoms with Crippen LogP contribution in [0.4, 0.5) is 0 Å². The zero-order valence-corrected chi connectivity index (χ0v) is 8.12. The molecule has 0 amide bonds. The number of nitrogens with zero attached hydrogens (tertiary/aromatic N) is 1. The lowest BCUT2D eigenvalue weighted by Crippen LogP contribution is -2.42. The number of ether oxygens (including phenoxy) is 1. The third kappa shape index (κ3) is 1.99. The average molecular weight is 169 g/mol. The van der Waals surface area contributed by atoms with Crippen LogP contribution < -0.4 is 0 Å². The predicted octanol–water partition coefficient (Wildman–Crippen LogP) is 1.51. The van der Waals surface area contributed by atoms with Crippen LogP contribution in [0.1, 0.15) is 26.7 Å². The molecule has 2 saturated heterocycles. The number of hydrogen-bond acceptors (Lipinski definition) is 2. The van der Waals surface area contributed by atoms with Gasteiger partial charge >= 0.3 is 0 Å². The van der Waals surface area contributed by atoms with Gasteiger partial charge in [-0.1, -0.05) is 6.92 Å². The van der Waals surface area contributed by atoms with E-state index in [2.05, 4.69) is 18.7 Å². The van der Waals surface area contributed by atoms with E-state index in [1.165, 1.54) is 25.9 Å². The van der Waals surface area contributed by atoms with Crippen molar-refractivity contribution in [3.8, 4) is 0 Å². The number of likely N-dealkylation sites (tertiary alicyclic amines) is 1. The fourth-order valence-corrected chi connectivity index (χ4v) is 2.16. The maximum absolute atomic E-state index is 5.24.